The molecule has 1 aromatic rings. The summed E-state index contributed by atoms with van der Waals surface area (Å²) in [6, 6.07) is 5.74. The predicted octanol–water partition coefficient (Wildman–Crippen LogP) is 2.53. The van der Waals surface area contributed by atoms with E-state index in [-0.39, 0.29) is 0 Å². The van der Waals surface area contributed by atoms with Gasteiger partial charge in [-0.2, -0.15) is 5.10 Å². The summed E-state index contributed by atoms with van der Waals surface area (Å²) in [5.74, 6) is 5.90. The summed E-state index contributed by atoms with van der Waals surface area (Å²) in [6.45, 7) is 2.76. The van der Waals surface area contributed by atoms with Crippen molar-refractivity contribution in [3.05, 3.63) is 28.2 Å². The molecule has 76 valence electrons. The second-order valence-corrected chi connectivity index (χ2v) is 3.72. The molecule has 0 amide bonds. The first-order chi connectivity index (χ1) is 6.77. The Morgan fingerprint density at radius 1 is 1.57 bits per heavy atom. The smallest absolute Gasteiger partial charge is 0.129 e. The van der Waals surface area contributed by atoms with Crippen molar-refractivity contribution in [1.29, 1.82) is 0 Å². The van der Waals surface area contributed by atoms with Crippen molar-refractivity contribution in [2.75, 3.05) is 6.61 Å². The second-order valence-electron chi connectivity index (χ2n) is 2.81. The average molecular weight is 257 g/mol. The molecule has 0 aromatic heterocycles. The normalized spacial score (nSPS) is 10.7. The molecule has 0 saturated carbocycles. The molecule has 0 atom stereocenters. The van der Waals surface area contributed by atoms with Gasteiger partial charge in [0, 0.05) is 10.0 Å². The van der Waals surface area contributed by atoms with Gasteiger partial charge in [0.05, 0.1) is 12.8 Å². The third-order valence-corrected chi connectivity index (χ3v) is 2.14. The van der Waals surface area contributed by atoms with Crippen molar-refractivity contribution in [2.45, 2.75) is 13.3 Å². The number of hydrogen-bond donors (Lipinski definition) is 1. The Morgan fingerprint density at radius 3 is 3.00 bits per heavy atom. The largest absolute Gasteiger partial charge is 0.493 e. The van der Waals surface area contributed by atoms with Gasteiger partial charge >= 0.3 is 0 Å². The summed E-state index contributed by atoms with van der Waals surface area (Å²) in [6.07, 6.45) is 2.56. The fourth-order valence-electron chi connectivity index (χ4n) is 1.03. The van der Waals surface area contributed by atoms with Crippen LogP contribution in [-0.2, 0) is 0 Å². The van der Waals surface area contributed by atoms with Crippen LogP contribution in [-0.4, -0.2) is 12.8 Å². The molecule has 0 saturated heterocycles. The lowest BCUT2D eigenvalue weighted by atomic mass is 10.2. The van der Waals surface area contributed by atoms with Crippen molar-refractivity contribution in [1.82, 2.24) is 0 Å². The fourth-order valence-corrected chi connectivity index (χ4v) is 1.37. The van der Waals surface area contributed by atoms with Crippen LogP contribution in [0.5, 0.6) is 5.75 Å². The zero-order valence-corrected chi connectivity index (χ0v) is 9.62. The van der Waals surface area contributed by atoms with Gasteiger partial charge in [-0.1, -0.05) is 22.9 Å². The lowest BCUT2D eigenvalue weighted by Crippen LogP contribution is -1.99. The molecule has 3 nitrogen and oxygen atoms in total. The topological polar surface area (TPSA) is 47.6 Å². The number of rotatable bonds is 4. The zero-order valence-electron chi connectivity index (χ0n) is 8.03. The van der Waals surface area contributed by atoms with Crippen LogP contribution >= 0.6 is 15.9 Å². The maximum Gasteiger partial charge on any atom is 0.129 e. The molecule has 1 aromatic carbocycles. The lowest BCUT2D eigenvalue weighted by Gasteiger charge is -2.07. The zero-order chi connectivity index (χ0) is 10.4. The summed E-state index contributed by atoms with van der Waals surface area (Å²) in [4.78, 5) is 0. The molecule has 0 bridgehead atoms. The molecule has 0 fully saturated rings. The SMILES string of the molecule is CCCOc1cc(Br)ccc1C=NN. The predicted molar refractivity (Wildman–Crippen MR) is 61.7 cm³/mol. The molecule has 2 N–H and O–H groups in total. The van der Waals surface area contributed by atoms with E-state index in [4.69, 9.17) is 10.6 Å². The molecular weight excluding hydrogens is 244 g/mol. The molecule has 0 radical (unpaired) electrons. The maximum atomic E-state index is 5.54. The third kappa shape index (κ3) is 3.03. The monoisotopic (exact) mass is 256 g/mol. The van der Waals surface area contributed by atoms with Gasteiger partial charge in [0.25, 0.3) is 0 Å². The molecule has 0 unspecified atom stereocenters. The van der Waals surface area contributed by atoms with Crippen LogP contribution < -0.4 is 10.6 Å². The Hall–Kier alpha value is -1.03. The van der Waals surface area contributed by atoms with Crippen LogP contribution in [0.25, 0.3) is 0 Å². The Morgan fingerprint density at radius 2 is 2.36 bits per heavy atom. The second kappa shape index (κ2) is 5.65. The molecule has 0 aliphatic carbocycles. The molecule has 0 heterocycles. The van der Waals surface area contributed by atoms with Gasteiger partial charge in [0.1, 0.15) is 5.75 Å². The summed E-state index contributed by atoms with van der Waals surface area (Å²) in [5.41, 5.74) is 0.893. The van der Waals surface area contributed by atoms with Gasteiger partial charge in [-0.3, -0.25) is 0 Å². The molecule has 0 spiro atoms. The standard InChI is InChI=1S/C10H13BrN2O/c1-2-5-14-10-6-9(11)4-3-8(10)7-13-12/h3-4,6-7H,2,5,12H2,1H3. The number of ether oxygens (including phenoxy) is 1. The van der Waals surface area contributed by atoms with Crippen LogP contribution in [0, 0.1) is 0 Å². The summed E-state index contributed by atoms with van der Waals surface area (Å²) in [5, 5.41) is 3.48. The Bertz CT molecular complexity index is 326. The molecule has 0 aliphatic rings. The molecule has 14 heavy (non-hydrogen) atoms. The third-order valence-electron chi connectivity index (χ3n) is 1.65. The molecule has 4 heteroatoms. The number of nitrogens with two attached hydrogens (primary N) is 1. The number of hydrazone groups is 1. The van der Waals surface area contributed by atoms with Crippen molar-refractivity contribution in [3.63, 3.8) is 0 Å². The average Bonchev–Trinajstić information content (AvgIpc) is 2.18. The van der Waals surface area contributed by atoms with E-state index in [1.165, 1.54) is 0 Å². The highest BCUT2D eigenvalue weighted by molar-refractivity contribution is 9.10. The van der Waals surface area contributed by atoms with Gasteiger partial charge in [-0.15, -0.1) is 0 Å². The van der Waals surface area contributed by atoms with E-state index >= 15 is 0 Å². The minimum Gasteiger partial charge on any atom is -0.493 e. The van der Waals surface area contributed by atoms with Crippen LogP contribution in [0.3, 0.4) is 0 Å². The van der Waals surface area contributed by atoms with Gasteiger partial charge in [-0.25, -0.2) is 0 Å². The van der Waals surface area contributed by atoms with E-state index in [1.54, 1.807) is 6.21 Å². The van der Waals surface area contributed by atoms with Gasteiger partial charge in [0.15, 0.2) is 0 Å². The van der Waals surface area contributed by atoms with Crippen LogP contribution in [0.2, 0.25) is 0 Å². The van der Waals surface area contributed by atoms with E-state index in [0.717, 1.165) is 22.2 Å². The first-order valence-electron chi connectivity index (χ1n) is 4.43. The number of halogens is 1. The van der Waals surface area contributed by atoms with E-state index in [9.17, 15) is 0 Å². The highest BCUT2D eigenvalue weighted by Crippen LogP contribution is 2.22. The summed E-state index contributed by atoms with van der Waals surface area (Å²) in [7, 11) is 0. The van der Waals surface area contributed by atoms with E-state index in [2.05, 4.69) is 28.0 Å². The van der Waals surface area contributed by atoms with Crippen molar-refractivity contribution >= 4 is 22.1 Å². The molecular formula is C10H13BrN2O. The Balaban J connectivity index is 2.90. The number of nitrogens with zero attached hydrogens (tertiary/aromatic N) is 1. The summed E-state index contributed by atoms with van der Waals surface area (Å²) < 4.78 is 6.53. The fraction of sp³-hybridized carbons (Fsp3) is 0.300. The van der Waals surface area contributed by atoms with Crippen molar-refractivity contribution < 1.29 is 4.74 Å². The highest BCUT2D eigenvalue weighted by Gasteiger charge is 2.01. The van der Waals surface area contributed by atoms with Gasteiger partial charge < -0.3 is 10.6 Å². The molecule has 1 rings (SSSR count). The minimum atomic E-state index is 0.696. The number of hydrogen-bond acceptors (Lipinski definition) is 3. The quantitative estimate of drug-likeness (QED) is 0.512. The van der Waals surface area contributed by atoms with E-state index in [0.29, 0.717) is 6.61 Å². The van der Waals surface area contributed by atoms with Gasteiger partial charge in [0.2, 0.25) is 0 Å². The first-order valence-corrected chi connectivity index (χ1v) is 5.22. The van der Waals surface area contributed by atoms with Crippen molar-refractivity contribution in [3.8, 4) is 5.75 Å². The van der Waals surface area contributed by atoms with Crippen LogP contribution in [0.1, 0.15) is 18.9 Å². The number of benzene rings is 1. The Kier molecular flexibility index (Phi) is 4.46. The van der Waals surface area contributed by atoms with Crippen LogP contribution in [0.15, 0.2) is 27.8 Å². The van der Waals surface area contributed by atoms with Gasteiger partial charge in [-0.05, 0) is 24.6 Å². The Labute approximate surface area is 92.1 Å². The highest BCUT2D eigenvalue weighted by atomic mass is 79.9. The van der Waals surface area contributed by atoms with E-state index < -0.39 is 0 Å². The first kappa shape index (κ1) is 11.0. The van der Waals surface area contributed by atoms with Crippen molar-refractivity contribution in [2.24, 2.45) is 10.9 Å². The maximum absolute atomic E-state index is 5.54. The molecule has 0 aliphatic heterocycles. The summed E-state index contributed by atoms with van der Waals surface area (Å²) >= 11 is 3.38. The van der Waals surface area contributed by atoms with E-state index in [1.807, 2.05) is 18.2 Å². The minimum absolute atomic E-state index is 0.696. The van der Waals surface area contributed by atoms with Crippen LogP contribution in [0.4, 0.5) is 0 Å². The lowest BCUT2D eigenvalue weighted by molar-refractivity contribution is 0.317.